The Morgan fingerprint density at radius 2 is 2.25 bits per heavy atom. The van der Waals surface area contributed by atoms with Gasteiger partial charge in [0.05, 0.1) is 24.5 Å². The van der Waals surface area contributed by atoms with Crippen LogP contribution < -0.4 is 15.6 Å². The number of nitrogens with zero attached hydrogens (tertiary/aromatic N) is 2. The summed E-state index contributed by atoms with van der Waals surface area (Å²) >= 11 is 3.31. The number of anilines is 1. The van der Waals surface area contributed by atoms with Crippen molar-refractivity contribution < 1.29 is 9.15 Å². The number of rotatable bonds is 5. The van der Waals surface area contributed by atoms with Gasteiger partial charge in [0.2, 0.25) is 0 Å². The summed E-state index contributed by atoms with van der Waals surface area (Å²) < 4.78 is 13.3. The molecule has 0 bridgehead atoms. The zero-order chi connectivity index (χ0) is 17.3. The molecule has 6 nitrogen and oxygen atoms in total. The molecule has 24 heavy (non-hydrogen) atoms. The molecular weight excluding hydrogens is 374 g/mol. The highest BCUT2D eigenvalue weighted by molar-refractivity contribution is 9.10. The van der Waals surface area contributed by atoms with Gasteiger partial charge in [-0.05, 0) is 41.9 Å². The van der Waals surface area contributed by atoms with Crippen molar-refractivity contribution >= 4 is 32.6 Å². The molecule has 0 aliphatic carbocycles. The number of hydrogen-bond acceptors (Lipinski definition) is 5. The van der Waals surface area contributed by atoms with E-state index in [4.69, 9.17) is 9.15 Å². The maximum Gasteiger partial charge on any atom is 0.282 e. The molecule has 1 unspecified atom stereocenters. The second-order valence-corrected chi connectivity index (χ2v) is 6.22. The van der Waals surface area contributed by atoms with E-state index in [1.165, 1.54) is 4.68 Å². The number of aromatic nitrogens is 2. The first kappa shape index (κ1) is 16.6. The standard InChI is InChI=1S/C17H18BrN3O3/c1-4-23-13-7-5-6-11-8-14(24-16(11)13)10(2)20-12-9-19-21(3)17(22)15(12)18/h5-10,20H,4H2,1-3H3. The van der Waals surface area contributed by atoms with Crippen LogP contribution in [0.1, 0.15) is 25.6 Å². The topological polar surface area (TPSA) is 69.3 Å². The molecule has 0 radical (unpaired) electrons. The Balaban J connectivity index is 1.92. The normalized spacial score (nSPS) is 12.3. The predicted octanol–water partition coefficient (Wildman–Crippen LogP) is 3.86. The van der Waals surface area contributed by atoms with Gasteiger partial charge in [-0.1, -0.05) is 12.1 Å². The van der Waals surface area contributed by atoms with Crippen LogP contribution in [0.4, 0.5) is 5.69 Å². The summed E-state index contributed by atoms with van der Waals surface area (Å²) in [5, 5.41) is 8.26. The molecule has 0 saturated heterocycles. The van der Waals surface area contributed by atoms with Gasteiger partial charge < -0.3 is 14.5 Å². The zero-order valence-corrected chi connectivity index (χ0v) is 15.3. The quantitative estimate of drug-likeness (QED) is 0.714. The van der Waals surface area contributed by atoms with Crippen molar-refractivity contribution in [3.8, 4) is 5.75 Å². The average molecular weight is 392 g/mol. The fraction of sp³-hybridized carbons (Fsp3) is 0.294. The smallest absolute Gasteiger partial charge is 0.282 e. The molecular formula is C17H18BrN3O3. The van der Waals surface area contributed by atoms with Gasteiger partial charge in [-0.3, -0.25) is 4.79 Å². The van der Waals surface area contributed by atoms with E-state index in [0.717, 1.165) is 22.5 Å². The molecule has 0 aliphatic rings. The minimum atomic E-state index is -0.199. The average Bonchev–Trinajstić information content (AvgIpc) is 3.01. The van der Waals surface area contributed by atoms with E-state index in [1.54, 1.807) is 13.2 Å². The molecule has 0 fully saturated rings. The number of para-hydroxylation sites is 1. The highest BCUT2D eigenvalue weighted by Crippen LogP contribution is 2.32. The van der Waals surface area contributed by atoms with Crippen molar-refractivity contribution in [3.05, 3.63) is 51.0 Å². The monoisotopic (exact) mass is 391 g/mol. The third kappa shape index (κ3) is 3.03. The Morgan fingerprint density at radius 1 is 1.46 bits per heavy atom. The van der Waals surface area contributed by atoms with Crippen LogP contribution in [-0.4, -0.2) is 16.4 Å². The van der Waals surface area contributed by atoms with E-state index in [0.29, 0.717) is 16.8 Å². The number of fused-ring (bicyclic) bond motifs is 1. The molecule has 0 saturated carbocycles. The lowest BCUT2D eigenvalue weighted by molar-refractivity contribution is 0.337. The van der Waals surface area contributed by atoms with Crippen molar-refractivity contribution in [1.82, 2.24) is 9.78 Å². The summed E-state index contributed by atoms with van der Waals surface area (Å²) in [5.41, 5.74) is 1.15. The third-order valence-corrected chi connectivity index (χ3v) is 4.47. The number of hydrogen-bond donors (Lipinski definition) is 1. The summed E-state index contributed by atoms with van der Waals surface area (Å²) in [4.78, 5) is 11.9. The molecule has 126 valence electrons. The highest BCUT2D eigenvalue weighted by atomic mass is 79.9. The van der Waals surface area contributed by atoms with Gasteiger partial charge in [0.1, 0.15) is 10.2 Å². The number of benzene rings is 1. The molecule has 0 amide bonds. The Morgan fingerprint density at radius 3 is 3.00 bits per heavy atom. The van der Waals surface area contributed by atoms with Crippen LogP contribution in [0.2, 0.25) is 0 Å². The Hall–Kier alpha value is -2.28. The number of furan rings is 1. The summed E-state index contributed by atoms with van der Waals surface area (Å²) in [6.07, 6.45) is 1.61. The lowest BCUT2D eigenvalue weighted by atomic mass is 10.2. The molecule has 3 rings (SSSR count). The largest absolute Gasteiger partial charge is 0.490 e. The maximum atomic E-state index is 11.9. The van der Waals surface area contributed by atoms with E-state index in [1.807, 2.05) is 38.1 Å². The first-order chi connectivity index (χ1) is 11.5. The molecule has 2 aromatic heterocycles. The zero-order valence-electron chi connectivity index (χ0n) is 13.7. The van der Waals surface area contributed by atoms with E-state index < -0.39 is 0 Å². The summed E-state index contributed by atoms with van der Waals surface area (Å²) in [6, 6.07) is 7.63. The summed E-state index contributed by atoms with van der Waals surface area (Å²) in [7, 11) is 1.61. The first-order valence-electron chi connectivity index (χ1n) is 7.65. The minimum absolute atomic E-state index is 0.142. The van der Waals surface area contributed by atoms with Gasteiger partial charge in [0.15, 0.2) is 11.3 Å². The number of ether oxygens (including phenoxy) is 1. The van der Waals surface area contributed by atoms with E-state index >= 15 is 0 Å². The Kier molecular flexibility index (Phi) is 4.62. The first-order valence-corrected chi connectivity index (χ1v) is 8.44. The van der Waals surface area contributed by atoms with Crippen LogP contribution in [0.25, 0.3) is 11.0 Å². The van der Waals surface area contributed by atoms with Crippen LogP contribution in [0.5, 0.6) is 5.75 Å². The van der Waals surface area contributed by atoms with Crippen LogP contribution in [0, 0.1) is 0 Å². The second kappa shape index (κ2) is 6.68. The highest BCUT2D eigenvalue weighted by Gasteiger charge is 2.16. The third-order valence-electron chi connectivity index (χ3n) is 3.70. The number of halogens is 1. The van der Waals surface area contributed by atoms with E-state index in [9.17, 15) is 4.79 Å². The SMILES string of the molecule is CCOc1cccc2cc(C(C)Nc3cnn(C)c(=O)c3Br)oc12. The minimum Gasteiger partial charge on any atom is -0.490 e. The fourth-order valence-corrected chi connectivity index (χ4v) is 2.93. The van der Waals surface area contributed by atoms with Crippen molar-refractivity contribution in [2.75, 3.05) is 11.9 Å². The van der Waals surface area contributed by atoms with Gasteiger partial charge in [0.25, 0.3) is 5.56 Å². The number of nitrogens with one attached hydrogen (secondary N) is 1. The van der Waals surface area contributed by atoms with Crippen molar-refractivity contribution in [2.45, 2.75) is 19.9 Å². The van der Waals surface area contributed by atoms with Gasteiger partial charge in [0, 0.05) is 12.4 Å². The fourth-order valence-electron chi connectivity index (χ4n) is 2.45. The second-order valence-electron chi connectivity index (χ2n) is 5.42. The molecule has 1 aromatic carbocycles. The molecule has 1 N–H and O–H groups in total. The van der Waals surface area contributed by atoms with Crippen molar-refractivity contribution in [1.29, 1.82) is 0 Å². The molecule has 1 atom stereocenters. The molecule has 0 aliphatic heterocycles. The van der Waals surface area contributed by atoms with Gasteiger partial charge in [-0.15, -0.1) is 0 Å². The van der Waals surface area contributed by atoms with E-state index in [2.05, 4.69) is 26.3 Å². The van der Waals surface area contributed by atoms with Crippen LogP contribution in [-0.2, 0) is 7.05 Å². The summed E-state index contributed by atoms with van der Waals surface area (Å²) in [5.74, 6) is 1.48. The van der Waals surface area contributed by atoms with Crippen molar-refractivity contribution in [2.24, 2.45) is 7.05 Å². The molecule has 7 heteroatoms. The number of aryl methyl sites for hydroxylation is 1. The Bertz CT molecular complexity index is 932. The van der Waals surface area contributed by atoms with Crippen LogP contribution in [0.15, 0.2) is 44.1 Å². The molecule has 2 heterocycles. The predicted molar refractivity (Wildman–Crippen MR) is 96.6 cm³/mol. The Labute approximate surface area is 147 Å². The van der Waals surface area contributed by atoms with Crippen molar-refractivity contribution in [3.63, 3.8) is 0 Å². The van der Waals surface area contributed by atoms with Crippen LogP contribution in [0.3, 0.4) is 0 Å². The van der Waals surface area contributed by atoms with E-state index in [-0.39, 0.29) is 11.6 Å². The maximum absolute atomic E-state index is 11.9. The molecule has 0 spiro atoms. The van der Waals surface area contributed by atoms with Gasteiger partial charge in [-0.25, -0.2) is 4.68 Å². The summed E-state index contributed by atoms with van der Waals surface area (Å²) in [6.45, 7) is 4.48. The molecule has 3 aromatic rings. The lowest BCUT2D eigenvalue weighted by Crippen LogP contribution is -2.21. The lowest BCUT2D eigenvalue weighted by Gasteiger charge is -2.14. The van der Waals surface area contributed by atoms with Gasteiger partial charge in [-0.2, -0.15) is 5.10 Å². The van der Waals surface area contributed by atoms with Gasteiger partial charge >= 0.3 is 0 Å². The van der Waals surface area contributed by atoms with Crippen LogP contribution >= 0.6 is 15.9 Å².